The van der Waals surface area contributed by atoms with E-state index in [9.17, 15) is 13.2 Å². The third-order valence-corrected chi connectivity index (χ3v) is 4.87. The van der Waals surface area contributed by atoms with Crippen molar-refractivity contribution in [3.8, 4) is 0 Å². The van der Waals surface area contributed by atoms with Crippen molar-refractivity contribution < 1.29 is 13.2 Å². The third kappa shape index (κ3) is 2.64. The Labute approximate surface area is 132 Å². The second-order valence-corrected chi connectivity index (χ2v) is 6.67. The molecular weight excluding hydrogens is 316 g/mol. The van der Waals surface area contributed by atoms with Gasteiger partial charge in [-0.25, -0.2) is 13.4 Å². The summed E-state index contributed by atoms with van der Waals surface area (Å²) in [6.45, 7) is 1.70. The van der Waals surface area contributed by atoms with Crippen LogP contribution in [0.1, 0.15) is 15.9 Å². The van der Waals surface area contributed by atoms with E-state index in [0.717, 1.165) is 0 Å². The van der Waals surface area contributed by atoms with E-state index >= 15 is 0 Å². The van der Waals surface area contributed by atoms with Gasteiger partial charge in [0.25, 0.3) is 15.9 Å². The third-order valence-electron chi connectivity index (χ3n) is 3.48. The molecule has 1 amide bonds. The topological polar surface area (TPSA) is 118 Å². The number of rotatable bonds is 4. The van der Waals surface area contributed by atoms with E-state index < -0.39 is 15.9 Å². The van der Waals surface area contributed by atoms with Crippen molar-refractivity contribution in [2.75, 3.05) is 4.72 Å². The first-order valence-electron chi connectivity index (χ1n) is 6.74. The summed E-state index contributed by atoms with van der Waals surface area (Å²) in [6.07, 6.45) is 2.93. The number of carbonyl (C=O) groups is 1. The Bertz CT molecular complexity index is 1010. The number of nitrogens with one attached hydrogen (secondary N) is 2. The minimum absolute atomic E-state index is 0.0549. The first-order valence-corrected chi connectivity index (χ1v) is 8.23. The van der Waals surface area contributed by atoms with Gasteiger partial charge in [0.2, 0.25) is 0 Å². The molecule has 3 rings (SSSR count). The highest BCUT2D eigenvalue weighted by atomic mass is 32.2. The summed E-state index contributed by atoms with van der Waals surface area (Å²) < 4.78 is 27.8. The van der Waals surface area contributed by atoms with Crippen LogP contribution in [0.2, 0.25) is 0 Å². The van der Waals surface area contributed by atoms with Gasteiger partial charge in [-0.3, -0.25) is 9.52 Å². The summed E-state index contributed by atoms with van der Waals surface area (Å²) in [6, 6.07) is 8.12. The largest absolute Gasteiger partial charge is 0.366 e. The van der Waals surface area contributed by atoms with Crippen LogP contribution in [-0.2, 0) is 10.0 Å². The molecule has 0 fully saturated rings. The molecule has 0 aliphatic rings. The lowest BCUT2D eigenvalue weighted by atomic mass is 10.1. The van der Waals surface area contributed by atoms with Gasteiger partial charge in [0.05, 0.1) is 11.3 Å². The second-order valence-electron chi connectivity index (χ2n) is 5.02. The molecule has 0 aliphatic heterocycles. The van der Waals surface area contributed by atoms with Crippen molar-refractivity contribution in [1.82, 2.24) is 9.97 Å². The number of amides is 1. The SMILES string of the molecule is Cc1cccc(C(N)=O)c1NS(=O)(=O)c1c[nH]c2ncccc12. The predicted octanol–water partition coefficient (Wildman–Crippen LogP) is 1.77. The smallest absolute Gasteiger partial charge is 0.264 e. The van der Waals surface area contributed by atoms with Crippen LogP contribution in [0, 0.1) is 6.92 Å². The minimum atomic E-state index is -3.90. The average Bonchev–Trinajstić information content (AvgIpc) is 2.93. The number of aromatic amines is 1. The summed E-state index contributed by atoms with van der Waals surface area (Å²) >= 11 is 0. The number of fused-ring (bicyclic) bond motifs is 1. The van der Waals surface area contributed by atoms with E-state index in [1.54, 1.807) is 37.4 Å². The Kier molecular flexibility index (Phi) is 3.53. The molecule has 2 aromatic heterocycles. The quantitative estimate of drug-likeness (QED) is 0.675. The highest BCUT2D eigenvalue weighted by molar-refractivity contribution is 7.93. The molecule has 2 heterocycles. The molecule has 0 atom stereocenters. The van der Waals surface area contributed by atoms with Gasteiger partial charge in [0.1, 0.15) is 10.5 Å². The Morgan fingerprint density at radius 3 is 2.78 bits per heavy atom. The standard InChI is InChI=1S/C15H14N4O3S/c1-9-4-2-5-11(14(16)20)13(9)19-23(21,22)12-8-18-15-10(12)6-3-7-17-15/h2-8,19H,1H3,(H2,16,20)(H,17,18). The molecule has 0 spiro atoms. The van der Waals surface area contributed by atoms with E-state index in [2.05, 4.69) is 14.7 Å². The number of anilines is 1. The molecule has 118 valence electrons. The number of nitrogens with two attached hydrogens (primary N) is 1. The van der Waals surface area contributed by atoms with Crippen LogP contribution in [0.5, 0.6) is 0 Å². The Morgan fingerprint density at radius 1 is 1.26 bits per heavy atom. The molecule has 23 heavy (non-hydrogen) atoms. The molecule has 0 saturated heterocycles. The summed E-state index contributed by atoms with van der Waals surface area (Å²) in [5.74, 6) is -0.702. The molecule has 0 aliphatic carbocycles. The van der Waals surface area contributed by atoms with Crippen molar-refractivity contribution >= 4 is 32.7 Å². The zero-order valence-corrected chi connectivity index (χ0v) is 13.0. The van der Waals surface area contributed by atoms with E-state index in [4.69, 9.17) is 5.73 Å². The molecular formula is C15H14N4O3S. The zero-order valence-electron chi connectivity index (χ0n) is 12.2. The summed E-state index contributed by atoms with van der Waals surface area (Å²) in [5.41, 5.74) is 6.68. The predicted molar refractivity (Wildman–Crippen MR) is 86.6 cm³/mol. The van der Waals surface area contributed by atoms with Crippen molar-refractivity contribution in [3.05, 3.63) is 53.9 Å². The number of pyridine rings is 1. The molecule has 0 radical (unpaired) electrons. The zero-order chi connectivity index (χ0) is 16.6. The molecule has 8 heteroatoms. The van der Waals surface area contributed by atoms with Gasteiger partial charge < -0.3 is 10.7 Å². The number of para-hydroxylation sites is 1. The number of aromatic nitrogens is 2. The summed E-state index contributed by atoms with van der Waals surface area (Å²) in [7, 11) is -3.90. The number of sulfonamides is 1. The Morgan fingerprint density at radius 2 is 2.04 bits per heavy atom. The first kappa shape index (κ1) is 15.0. The van der Waals surface area contributed by atoms with E-state index in [0.29, 0.717) is 16.6 Å². The molecule has 1 aromatic carbocycles. The molecule has 0 unspecified atom stereocenters. The Hall–Kier alpha value is -2.87. The molecule has 7 nitrogen and oxygen atoms in total. The van der Waals surface area contributed by atoms with Gasteiger partial charge >= 0.3 is 0 Å². The van der Waals surface area contributed by atoms with Crippen LogP contribution in [0.3, 0.4) is 0 Å². The van der Waals surface area contributed by atoms with Crippen molar-refractivity contribution in [3.63, 3.8) is 0 Å². The number of aryl methyl sites for hydroxylation is 1. The van der Waals surface area contributed by atoms with Gasteiger partial charge in [-0.2, -0.15) is 0 Å². The number of H-pyrrole nitrogens is 1. The van der Waals surface area contributed by atoms with Crippen LogP contribution in [0.25, 0.3) is 11.0 Å². The first-order chi connectivity index (χ1) is 10.9. The maximum atomic E-state index is 12.7. The maximum absolute atomic E-state index is 12.7. The molecule has 0 bridgehead atoms. The lowest BCUT2D eigenvalue weighted by molar-refractivity contribution is 0.100. The monoisotopic (exact) mass is 330 g/mol. The normalized spacial score (nSPS) is 11.5. The van der Waals surface area contributed by atoms with Gasteiger partial charge in [-0.15, -0.1) is 0 Å². The molecule has 0 saturated carbocycles. The summed E-state index contributed by atoms with van der Waals surface area (Å²) in [5, 5.41) is 0.467. The number of hydrogen-bond donors (Lipinski definition) is 3. The summed E-state index contributed by atoms with van der Waals surface area (Å²) in [4.78, 5) is 18.5. The number of nitrogens with zero attached hydrogens (tertiary/aromatic N) is 1. The minimum Gasteiger partial charge on any atom is -0.366 e. The molecule has 3 aromatic rings. The fraction of sp³-hybridized carbons (Fsp3) is 0.0667. The lowest BCUT2D eigenvalue weighted by Gasteiger charge is -2.13. The van der Waals surface area contributed by atoms with Crippen LogP contribution >= 0.6 is 0 Å². The highest BCUT2D eigenvalue weighted by Crippen LogP contribution is 2.27. The van der Waals surface area contributed by atoms with Crippen LogP contribution in [0.4, 0.5) is 5.69 Å². The van der Waals surface area contributed by atoms with Gasteiger partial charge in [0, 0.05) is 17.8 Å². The van der Waals surface area contributed by atoms with Crippen LogP contribution in [-0.4, -0.2) is 24.3 Å². The van der Waals surface area contributed by atoms with Crippen LogP contribution in [0.15, 0.2) is 47.6 Å². The maximum Gasteiger partial charge on any atom is 0.264 e. The number of hydrogen-bond acceptors (Lipinski definition) is 4. The highest BCUT2D eigenvalue weighted by Gasteiger charge is 2.22. The second kappa shape index (κ2) is 5.40. The number of benzene rings is 1. The number of primary amides is 1. The average molecular weight is 330 g/mol. The number of carbonyl (C=O) groups excluding carboxylic acids is 1. The van der Waals surface area contributed by atoms with E-state index in [1.165, 1.54) is 12.3 Å². The van der Waals surface area contributed by atoms with E-state index in [-0.39, 0.29) is 16.1 Å². The van der Waals surface area contributed by atoms with Crippen LogP contribution < -0.4 is 10.5 Å². The van der Waals surface area contributed by atoms with Crippen molar-refractivity contribution in [2.45, 2.75) is 11.8 Å². The fourth-order valence-corrected chi connectivity index (χ4v) is 3.67. The Balaban J connectivity index is 2.11. The van der Waals surface area contributed by atoms with Crippen molar-refractivity contribution in [1.29, 1.82) is 0 Å². The van der Waals surface area contributed by atoms with Gasteiger partial charge in [-0.05, 0) is 30.7 Å². The van der Waals surface area contributed by atoms with E-state index in [1.807, 2.05) is 0 Å². The van der Waals surface area contributed by atoms with Gasteiger partial charge in [-0.1, -0.05) is 12.1 Å². The van der Waals surface area contributed by atoms with Crippen molar-refractivity contribution in [2.24, 2.45) is 5.73 Å². The fourth-order valence-electron chi connectivity index (χ4n) is 2.35. The van der Waals surface area contributed by atoms with Gasteiger partial charge in [0.15, 0.2) is 0 Å². The lowest BCUT2D eigenvalue weighted by Crippen LogP contribution is -2.19. The molecule has 4 N–H and O–H groups in total.